The molecule has 1 aromatic carbocycles. The van der Waals surface area contributed by atoms with Crippen LogP contribution in [0.3, 0.4) is 0 Å². The van der Waals surface area contributed by atoms with Gasteiger partial charge in [0.05, 0.1) is 11.4 Å². The number of benzene rings is 1. The average molecular weight is 316 g/mol. The molecular weight excluding hydrogens is 296 g/mol. The van der Waals surface area contributed by atoms with E-state index in [1.807, 2.05) is 30.3 Å². The first-order valence-corrected chi connectivity index (χ1v) is 8.69. The standard InChI is InChI=1S/C16H20N4OS/c21-15(18-13-7-3-1-4-8-13)11-22-16-17-12-20(19-16)14-9-5-2-6-10-14/h2,5-6,9-10,12-13H,1,3-4,7-8,11H2,(H,18,21). The fourth-order valence-corrected chi connectivity index (χ4v) is 3.28. The molecule has 0 atom stereocenters. The SMILES string of the molecule is O=C(CSc1ncn(-c2ccccc2)n1)NC1CCCCC1. The van der Waals surface area contributed by atoms with Crippen molar-refractivity contribution >= 4 is 17.7 Å². The molecule has 0 spiro atoms. The van der Waals surface area contributed by atoms with Crippen molar-refractivity contribution in [1.82, 2.24) is 20.1 Å². The van der Waals surface area contributed by atoms with Gasteiger partial charge in [-0.2, -0.15) is 0 Å². The number of carbonyl (C=O) groups is 1. The van der Waals surface area contributed by atoms with E-state index in [4.69, 9.17) is 0 Å². The molecule has 0 radical (unpaired) electrons. The number of para-hydroxylation sites is 1. The molecule has 1 heterocycles. The molecule has 1 saturated carbocycles. The molecule has 2 aromatic rings. The van der Waals surface area contributed by atoms with Crippen molar-refractivity contribution in [3.8, 4) is 5.69 Å². The molecular formula is C16H20N4OS. The van der Waals surface area contributed by atoms with Crippen molar-refractivity contribution < 1.29 is 4.79 Å². The molecule has 0 bridgehead atoms. The second-order valence-corrected chi connectivity index (χ2v) is 6.44. The maximum atomic E-state index is 12.0. The molecule has 0 aliphatic heterocycles. The first-order valence-electron chi connectivity index (χ1n) is 7.70. The minimum Gasteiger partial charge on any atom is -0.353 e. The molecule has 5 nitrogen and oxygen atoms in total. The van der Waals surface area contributed by atoms with Crippen LogP contribution in [0.5, 0.6) is 0 Å². The van der Waals surface area contributed by atoms with Gasteiger partial charge in [0.1, 0.15) is 6.33 Å². The Bertz CT molecular complexity index is 608. The van der Waals surface area contributed by atoms with Crippen LogP contribution in [0.25, 0.3) is 5.69 Å². The Morgan fingerprint density at radius 3 is 2.77 bits per heavy atom. The lowest BCUT2D eigenvalue weighted by molar-refractivity contribution is -0.119. The van der Waals surface area contributed by atoms with Gasteiger partial charge in [0.25, 0.3) is 0 Å². The van der Waals surface area contributed by atoms with Crippen LogP contribution >= 0.6 is 11.8 Å². The smallest absolute Gasteiger partial charge is 0.230 e. The molecule has 1 aromatic heterocycles. The summed E-state index contributed by atoms with van der Waals surface area (Å²) in [5.74, 6) is 0.447. The van der Waals surface area contributed by atoms with E-state index in [0.29, 0.717) is 17.0 Å². The summed E-state index contributed by atoms with van der Waals surface area (Å²) in [5, 5.41) is 8.12. The highest BCUT2D eigenvalue weighted by Crippen LogP contribution is 2.18. The zero-order valence-electron chi connectivity index (χ0n) is 12.4. The molecule has 1 fully saturated rings. The second-order valence-electron chi connectivity index (χ2n) is 5.50. The number of aromatic nitrogens is 3. The highest BCUT2D eigenvalue weighted by atomic mass is 32.2. The number of nitrogens with one attached hydrogen (secondary N) is 1. The van der Waals surface area contributed by atoms with Gasteiger partial charge >= 0.3 is 0 Å². The maximum Gasteiger partial charge on any atom is 0.230 e. The predicted octanol–water partition coefficient (Wildman–Crippen LogP) is 2.81. The van der Waals surface area contributed by atoms with Crippen LogP contribution < -0.4 is 5.32 Å². The van der Waals surface area contributed by atoms with Crippen LogP contribution in [0.1, 0.15) is 32.1 Å². The minimum atomic E-state index is 0.0768. The third-order valence-corrected chi connectivity index (χ3v) is 4.65. The van der Waals surface area contributed by atoms with E-state index in [0.717, 1.165) is 18.5 Å². The first-order chi connectivity index (χ1) is 10.8. The molecule has 3 rings (SSSR count). The van der Waals surface area contributed by atoms with Gasteiger partial charge in [-0.15, -0.1) is 5.10 Å². The van der Waals surface area contributed by atoms with Crippen LogP contribution in [-0.4, -0.2) is 32.5 Å². The number of thioether (sulfide) groups is 1. The Labute approximate surface area is 134 Å². The fourth-order valence-electron chi connectivity index (χ4n) is 2.67. The zero-order valence-corrected chi connectivity index (χ0v) is 13.3. The number of nitrogens with zero attached hydrogens (tertiary/aromatic N) is 3. The predicted molar refractivity (Wildman–Crippen MR) is 87.1 cm³/mol. The average Bonchev–Trinajstić information content (AvgIpc) is 3.04. The van der Waals surface area contributed by atoms with Gasteiger partial charge < -0.3 is 5.32 Å². The van der Waals surface area contributed by atoms with E-state index in [1.54, 1.807) is 11.0 Å². The van der Waals surface area contributed by atoms with E-state index < -0.39 is 0 Å². The fraction of sp³-hybridized carbons (Fsp3) is 0.438. The monoisotopic (exact) mass is 316 g/mol. The molecule has 22 heavy (non-hydrogen) atoms. The summed E-state index contributed by atoms with van der Waals surface area (Å²) in [5.41, 5.74) is 0.966. The number of amides is 1. The minimum absolute atomic E-state index is 0.0768. The topological polar surface area (TPSA) is 59.8 Å². The molecule has 0 unspecified atom stereocenters. The zero-order chi connectivity index (χ0) is 15.2. The van der Waals surface area contributed by atoms with E-state index in [1.165, 1.54) is 31.0 Å². The normalized spacial score (nSPS) is 15.6. The van der Waals surface area contributed by atoms with Gasteiger partial charge in [-0.1, -0.05) is 49.2 Å². The summed E-state index contributed by atoms with van der Waals surface area (Å²) in [6.45, 7) is 0. The number of rotatable bonds is 5. The lowest BCUT2D eigenvalue weighted by atomic mass is 9.95. The number of hydrogen-bond acceptors (Lipinski definition) is 4. The Kier molecular flexibility index (Phi) is 5.11. The van der Waals surface area contributed by atoms with Crippen molar-refractivity contribution in [3.63, 3.8) is 0 Å². The van der Waals surface area contributed by atoms with Gasteiger partial charge in [0.2, 0.25) is 11.1 Å². The highest BCUT2D eigenvalue weighted by molar-refractivity contribution is 7.99. The second kappa shape index (κ2) is 7.45. The lowest BCUT2D eigenvalue weighted by Gasteiger charge is -2.22. The van der Waals surface area contributed by atoms with Gasteiger partial charge in [0.15, 0.2) is 0 Å². The van der Waals surface area contributed by atoms with Gasteiger partial charge in [-0.3, -0.25) is 4.79 Å². The van der Waals surface area contributed by atoms with Gasteiger partial charge in [-0.25, -0.2) is 9.67 Å². The Morgan fingerprint density at radius 2 is 2.00 bits per heavy atom. The first kappa shape index (κ1) is 15.1. The molecule has 116 valence electrons. The van der Waals surface area contributed by atoms with Crippen LogP contribution in [-0.2, 0) is 4.79 Å². The highest BCUT2D eigenvalue weighted by Gasteiger charge is 2.16. The number of carbonyl (C=O) groups excluding carboxylic acids is 1. The molecule has 1 aliphatic rings. The molecule has 0 saturated heterocycles. The van der Waals surface area contributed by atoms with E-state index in [-0.39, 0.29) is 5.91 Å². The Balaban J connectivity index is 1.49. The van der Waals surface area contributed by atoms with Crippen LogP contribution in [0.2, 0.25) is 0 Å². The molecule has 1 aliphatic carbocycles. The summed E-state index contributed by atoms with van der Waals surface area (Å²) in [6.07, 6.45) is 7.63. The van der Waals surface area contributed by atoms with Gasteiger partial charge in [-0.05, 0) is 25.0 Å². The lowest BCUT2D eigenvalue weighted by Crippen LogP contribution is -2.37. The maximum absolute atomic E-state index is 12.0. The van der Waals surface area contributed by atoms with Crippen molar-refractivity contribution in [3.05, 3.63) is 36.7 Å². The third-order valence-electron chi connectivity index (χ3n) is 3.79. The summed E-state index contributed by atoms with van der Waals surface area (Å²) in [7, 11) is 0. The Hall–Kier alpha value is -1.82. The molecule has 6 heteroatoms. The third kappa shape index (κ3) is 4.10. The van der Waals surface area contributed by atoms with E-state index in [9.17, 15) is 4.79 Å². The van der Waals surface area contributed by atoms with Crippen molar-refractivity contribution in [2.45, 2.75) is 43.3 Å². The summed E-state index contributed by atoms with van der Waals surface area (Å²) < 4.78 is 1.72. The summed E-state index contributed by atoms with van der Waals surface area (Å²) in [4.78, 5) is 16.2. The van der Waals surface area contributed by atoms with Crippen molar-refractivity contribution in [2.24, 2.45) is 0 Å². The Morgan fingerprint density at radius 1 is 1.23 bits per heavy atom. The van der Waals surface area contributed by atoms with Crippen LogP contribution in [0, 0.1) is 0 Å². The van der Waals surface area contributed by atoms with E-state index in [2.05, 4.69) is 15.4 Å². The summed E-state index contributed by atoms with van der Waals surface area (Å²) in [6, 6.07) is 10.2. The molecule has 1 N–H and O–H groups in total. The van der Waals surface area contributed by atoms with Crippen LogP contribution in [0.4, 0.5) is 0 Å². The van der Waals surface area contributed by atoms with Crippen LogP contribution in [0.15, 0.2) is 41.8 Å². The van der Waals surface area contributed by atoms with Gasteiger partial charge in [0, 0.05) is 6.04 Å². The van der Waals surface area contributed by atoms with Crippen molar-refractivity contribution in [1.29, 1.82) is 0 Å². The quantitative estimate of drug-likeness (QED) is 0.862. The largest absolute Gasteiger partial charge is 0.353 e. The molecule has 1 amide bonds. The summed E-state index contributed by atoms with van der Waals surface area (Å²) >= 11 is 1.38. The van der Waals surface area contributed by atoms with Crippen molar-refractivity contribution in [2.75, 3.05) is 5.75 Å². The number of hydrogen-bond donors (Lipinski definition) is 1. The van der Waals surface area contributed by atoms with E-state index >= 15 is 0 Å².